The van der Waals surface area contributed by atoms with Gasteiger partial charge in [-0.2, -0.15) is 0 Å². The van der Waals surface area contributed by atoms with Crippen molar-refractivity contribution >= 4 is 11.8 Å². The maximum Gasteiger partial charge on any atom is 0.317 e. The van der Waals surface area contributed by atoms with E-state index in [1.165, 1.54) is 7.11 Å². The van der Waals surface area contributed by atoms with Crippen LogP contribution in [0.25, 0.3) is 0 Å². The molecule has 2 unspecified atom stereocenters. The van der Waals surface area contributed by atoms with E-state index in [0.29, 0.717) is 22.8 Å². The molecule has 2 atom stereocenters. The Morgan fingerprint density at radius 2 is 1.97 bits per heavy atom. The van der Waals surface area contributed by atoms with Crippen molar-refractivity contribution < 1.29 is 33.5 Å². The van der Waals surface area contributed by atoms with Gasteiger partial charge in [-0.1, -0.05) is 27.2 Å². The SMILES string of the molecule is CCCC(C)(C)CC(=O)C(C(=O)OCC)C(C[N+](=O)[O-])c1cc(OC)c2c(c1)OCO2. The van der Waals surface area contributed by atoms with Crippen molar-refractivity contribution in [3.05, 3.63) is 27.8 Å². The van der Waals surface area contributed by atoms with Gasteiger partial charge in [-0.3, -0.25) is 19.7 Å². The molecule has 31 heavy (non-hydrogen) atoms. The summed E-state index contributed by atoms with van der Waals surface area (Å²) in [6, 6.07) is 3.12. The molecule has 0 amide bonds. The molecule has 1 aromatic rings. The molecule has 0 aliphatic carbocycles. The minimum absolute atomic E-state index is 0.0134. The second kappa shape index (κ2) is 10.5. The van der Waals surface area contributed by atoms with Gasteiger partial charge in [0.25, 0.3) is 0 Å². The lowest BCUT2D eigenvalue weighted by molar-refractivity contribution is -0.484. The molecule has 0 saturated carbocycles. The zero-order valence-corrected chi connectivity index (χ0v) is 18.8. The van der Waals surface area contributed by atoms with E-state index in [1.807, 2.05) is 20.8 Å². The quantitative estimate of drug-likeness (QED) is 0.210. The number of ether oxygens (including phenoxy) is 4. The molecule has 0 saturated heterocycles. The van der Waals surface area contributed by atoms with Crippen molar-refractivity contribution in [2.75, 3.05) is 27.1 Å². The Kier molecular flexibility index (Phi) is 8.24. The number of nitrogens with zero attached hydrogens (tertiary/aromatic N) is 1. The van der Waals surface area contributed by atoms with Crippen LogP contribution in [-0.4, -0.2) is 43.7 Å². The number of rotatable bonds is 12. The van der Waals surface area contributed by atoms with Crippen LogP contribution in [0.1, 0.15) is 58.4 Å². The fourth-order valence-corrected chi connectivity index (χ4v) is 4.03. The van der Waals surface area contributed by atoms with Crippen LogP contribution < -0.4 is 14.2 Å². The first kappa shape index (κ1) is 24.4. The van der Waals surface area contributed by atoms with E-state index in [9.17, 15) is 19.7 Å². The molecule has 0 N–H and O–H groups in total. The molecule has 1 aliphatic heterocycles. The minimum Gasteiger partial charge on any atom is -0.493 e. The van der Waals surface area contributed by atoms with Gasteiger partial charge in [0.2, 0.25) is 19.1 Å². The van der Waals surface area contributed by atoms with Crippen molar-refractivity contribution in [1.29, 1.82) is 0 Å². The highest BCUT2D eigenvalue weighted by atomic mass is 16.7. The summed E-state index contributed by atoms with van der Waals surface area (Å²) in [6.45, 7) is 6.98. The molecule has 0 radical (unpaired) electrons. The highest BCUT2D eigenvalue weighted by Gasteiger charge is 2.42. The van der Waals surface area contributed by atoms with Crippen LogP contribution in [-0.2, 0) is 14.3 Å². The number of ketones is 1. The number of fused-ring (bicyclic) bond motifs is 1. The number of nitro groups is 1. The van der Waals surface area contributed by atoms with Gasteiger partial charge in [0.05, 0.1) is 19.6 Å². The van der Waals surface area contributed by atoms with Gasteiger partial charge in [-0.05, 0) is 36.5 Å². The van der Waals surface area contributed by atoms with Gasteiger partial charge in [0.15, 0.2) is 11.5 Å². The normalized spacial score (nSPS) is 14.6. The van der Waals surface area contributed by atoms with Crippen LogP contribution >= 0.6 is 0 Å². The Morgan fingerprint density at radius 1 is 1.26 bits per heavy atom. The maximum atomic E-state index is 13.3. The van der Waals surface area contributed by atoms with Crippen molar-refractivity contribution in [3.63, 3.8) is 0 Å². The zero-order valence-electron chi connectivity index (χ0n) is 18.8. The first-order valence-electron chi connectivity index (χ1n) is 10.4. The lowest BCUT2D eigenvalue weighted by atomic mass is 9.75. The second-order valence-corrected chi connectivity index (χ2v) is 8.37. The third-order valence-electron chi connectivity index (χ3n) is 5.32. The first-order valence-corrected chi connectivity index (χ1v) is 10.4. The Hall–Kier alpha value is -2.84. The van der Waals surface area contributed by atoms with E-state index in [0.717, 1.165) is 12.8 Å². The Bertz CT molecular complexity index is 820. The number of benzene rings is 1. The predicted molar refractivity (Wildman–Crippen MR) is 112 cm³/mol. The summed E-state index contributed by atoms with van der Waals surface area (Å²) in [5.41, 5.74) is 0.0417. The van der Waals surface area contributed by atoms with Crippen LogP contribution in [0.5, 0.6) is 17.2 Å². The van der Waals surface area contributed by atoms with E-state index in [1.54, 1.807) is 19.1 Å². The maximum absolute atomic E-state index is 13.3. The first-order chi connectivity index (χ1) is 14.6. The third kappa shape index (κ3) is 6.08. The van der Waals surface area contributed by atoms with Crippen LogP contribution in [0.15, 0.2) is 12.1 Å². The topological polar surface area (TPSA) is 114 Å². The standard InChI is InChI=1S/C22H31NO8/c1-6-8-22(3,4)11-16(24)19(21(25)29-7-2)15(12-23(26)27)14-9-17(28-5)20-18(10-14)30-13-31-20/h9-10,15,19H,6-8,11-13H2,1-5H3. The van der Waals surface area contributed by atoms with Gasteiger partial charge >= 0.3 is 5.97 Å². The van der Waals surface area contributed by atoms with Crippen molar-refractivity contribution in [2.45, 2.75) is 52.9 Å². The Labute approximate surface area is 182 Å². The molecule has 0 aromatic heterocycles. The molecule has 1 aromatic carbocycles. The van der Waals surface area contributed by atoms with E-state index in [-0.39, 0.29) is 31.0 Å². The van der Waals surface area contributed by atoms with Crippen LogP contribution in [0, 0.1) is 21.4 Å². The van der Waals surface area contributed by atoms with Crippen molar-refractivity contribution in [2.24, 2.45) is 11.3 Å². The average Bonchev–Trinajstić information content (AvgIpc) is 3.14. The number of Topliss-reactive ketones (excluding diaryl/α,β-unsaturated/α-hetero) is 1. The van der Waals surface area contributed by atoms with E-state index in [2.05, 4.69) is 0 Å². The van der Waals surface area contributed by atoms with Gasteiger partial charge in [-0.25, -0.2) is 0 Å². The van der Waals surface area contributed by atoms with Crippen molar-refractivity contribution in [1.82, 2.24) is 0 Å². The fourth-order valence-electron chi connectivity index (χ4n) is 4.03. The highest BCUT2D eigenvalue weighted by molar-refractivity contribution is 6.00. The average molecular weight is 437 g/mol. The number of carbonyl (C=O) groups excluding carboxylic acids is 2. The number of hydrogen-bond acceptors (Lipinski definition) is 8. The minimum atomic E-state index is -1.31. The van der Waals surface area contributed by atoms with E-state index >= 15 is 0 Å². The smallest absolute Gasteiger partial charge is 0.317 e. The molecule has 2 rings (SSSR count). The molecule has 1 heterocycles. The predicted octanol–water partition coefficient (Wildman–Crippen LogP) is 3.75. The van der Waals surface area contributed by atoms with Gasteiger partial charge in [-0.15, -0.1) is 0 Å². The largest absolute Gasteiger partial charge is 0.493 e. The summed E-state index contributed by atoms with van der Waals surface area (Å²) < 4.78 is 21.3. The monoisotopic (exact) mass is 437 g/mol. The van der Waals surface area contributed by atoms with E-state index in [4.69, 9.17) is 18.9 Å². The summed E-state index contributed by atoms with van der Waals surface area (Å²) in [6.07, 6.45) is 1.77. The fraction of sp³-hybridized carbons (Fsp3) is 0.636. The summed E-state index contributed by atoms with van der Waals surface area (Å²) in [4.78, 5) is 37.2. The number of hydrogen-bond donors (Lipinski definition) is 0. The number of methoxy groups -OCH3 is 1. The molecule has 172 valence electrons. The molecule has 0 spiro atoms. The Balaban J connectivity index is 2.52. The van der Waals surface area contributed by atoms with Crippen molar-refractivity contribution in [3.8, 4) is 17.2 Å². The number of carbonyl (C=O) groups is 2. The highest BCUT2D eigenvalue weighted by Crippen LogP contribution is 2.45. The molecule has 1 aliphatic rings. The lowest BCUT2D eigenvalue weighted by Crippen LogP contribution is -2.37. The number of esters is 1. The third-order valence-corrected chi connectivity index (χ3v) is 5.32. The molecule has 0 fully saturated rings. The Morgan fingerprint density at radius 3 is 2.55 bits per heavy atom. The van der Waals surface area contributed by atoms with Gasteiger partial charge in [0.1, 0.15) is 11.7 Å². The molecule has 9 nitrogen and oxygen atoms in total. The zero-order chi connectivity index (χ0) is 23.2. The lowest BCUT2D eigenvalue weighted by Gasteiger charge is -2.28. The molecular weight excluding hydrogens is 406 g/mol. The summed E-state index contributed by atoms with van der Waals surface area (Å²) in [5, 5.41) is 11.5. The van der Waals surface area contributed by atoms with Crippen LogP contribution in [0.4, 0.5) is 0 Å². The molecule has 0 bridgehead atoms. The molecule has 9 heteroatoms. The molecular formula is C22H31NO8. The van der Waals surface area contributed by atoms with Gasteiger partial charge < -0.3 is 18.9 Å². The second-order valence-electron chi connectivity index (χ2n) is 8.37. The van der Waals surface area contributed by atoms with E-state index < -0.39 is 29.3 Å². The summed E-state index contributed by atoms with van der Waals surface area (Å²) >= 11 is 0. The summed E-state index contributed by atoms with van der Waals surface area (Å²) in [7, 11) is 1.44. The summed E-state index contributed by atoms with van der Waals surface area (Å²) in [5.74, 6) is -2.43. The van der Waals surface area contributed by atoms with Crippen LogP contribution in [0.2, 0.25) is 0 Å². The van der Waals surface area contributed by atoms with Crippen LogP contribution in [0.3, 0.4) is 0 Å². The van der Waals surface area contributed by atoms with Gasteiger partial charge in [0, 0.05) is 11.3 Å².